The molecule has 0 aliphatic heterocycles. The normalized spacial score (nSPS) is 11.8. The first kappa shape index (κ1) is 21.9. The highest BCUT2D eigenvalue weighted by atomic mass is 79.9. The Bertz CT molecular complexity index is 977. The summed E-state index contributed by atoms with van der Waals surface area (Å²) in [6, 6.07) is 14.1. The lowest BCUT2D eigenvalue weighted by molar-refractivity contribution is -0.119. The number of sulfonamides is 1. The van der Waals surface area contributed by atoms with Gasteiger partial charge in [0.1, 0.15) is 12.3 Å². The topological polar surface area (TPSA) is 88.1 Å². The van der Waals surface area contributed by atoms with Crippen LogP contribution in [0.3, 0.4) is 0 Å². The van der Waals surface area contributed by atoms with Crippen LogP contribution < -0.4 is 14.5 Å². The first-order valence-corrected chi connectivity index (χ1v) is 11.1. The average molecular weight is 468 g/mol. The van der Waals surface area contributed by atoms with Crippen LogP contribution in [0.15, 0.2) is 58.1 Å². The van der Waals surface area contributed by atoms with E-state index in [-0.39, 0.29) is 0 Å². The van der Waals surface area contributed by atoms with Crippen molar-refractivity contribution in [3.05, 3.63) is 58.6 Å². The molecule has 28 heavy (non-hydrogen) atoms. The third-order valence-electron chi connectivity index (χ3n) is 3.71. The molecule has 0 aromatic heterocycles. The van der Waals surface area contributed by atoms with Crippen molar-refractivity contribution in [3.8, 4) is 5.75 Å². The number of para-hydroxylation sites is 2. The molecule has 2 rings (SSSR count). The summed E-state index contributed by atoms with van der Waals surface area (Å²) in [7, 11) is -3.71. The zero-order valence-corrected chi connectivity index (χ0v) is 18.2. The molecule has 0 radical (unpaired) electrons. The van der Waals surface area contributed by atoms with Crippen molar-refractivity contribution in [1.29, 1.82) is 0 Å². The second-order valence-corrected chi connectivity index (χ2v) is 8.74. The number of rotatable bonds is 8. The lowest BCUT2D eigenvalue weighted by Gasteiger charge is -2.23. The van der Waals surface area contributed by atoms with Gasteiger partial charge in [0.2, 0.25) is 10.0 Å². The largest absolute Gasteiger partial charge is 0.492 e. The molecule has 150 valence electrons. The Labute approximate surface area is 173 Å². The Morgan fingerprint density at radius 1 is 1.21 bits per heavy atom. The molecular formula is C19H22BrN3O4S. The van der Waals surface area contributed by atoms with Gasteiger partial charge in [0.25, 0.3) is 5.91 Å². The van der Waals surface area contributed by atoms with Crippen molar-refractivity contribution in [2.45, 2.75) is 13.8 Å². The van der Waals surface area contributed by atoms with Crippen LogP contribution >= 0.6 is 15.9 Å². The maximum absolute atomic E-state index is 12.4. The highest BCUT2D eigenvalue weighted by molar-refractivity contribution is 9.10. The van der Waals surface area contributed by atoms with Crippen molar-refractivity contribution < 1.29 is 17.9 Å². The number of hydrazone groups is 1. The number of halogens is 1. The first-order chi connectivity index (χ1) is 13.2. The summed E-state index contributed by atoms with van der Waals surface area (Å²) in [5, 5.41) is 4.07. The zero-order valence-electron chi connectivity index (χ0n) is 15.8. The molecule has 1 amide bonds. The molecule has 9 heteroatoms. The fraction of sp³-hybridized carbons (Fsp3) is 0.263. The number of amides is 1. The van der Waals surface area contributed by atoms with Gasteiger partial charge in [-0.3, -0.25) is 9.10 Å². The lowest BCUT2D eigenvalue weighted by Crippen LogP contribution is -2.39. The van der Waals surface area contributed by atoms with Crippen LogP contribution in [0.25, 0.3) is 0 Å². The molecule has 0 aliphatic carbocycles. The Morgan fingerprint density at radius 2 is 1.93 bits per heavy atom. The van der Waals surface area contributed by atoms with E-state index in [0.29, 0.717) is 23.8 Å². The quantitative estimate of drug-likeness (QED) is 0.476. The van der Waals surface area contributed by atoms with Gasteiger partial charge in [-0.05, 0) is 43.7 Å². The van der Waals surface area contributed by atoms with Gasteiger partial charge >= 0.3 is 0 Å². The standard InChI is InChI=1S/C19H22BrN3O4S/c1-4-27-18-11-6-5-10-17(18)23(28(3,25)26)13-19(24)22-21-14(2)15-8-7-9-16(20)12-15/h5-12H,4,13H2,1-3H3,(H,22,24)/b21-14+. The van der Waals surface area contributed by atoms with Crippen molar-refractivity contribution in [2.24, 2.45) is 5.10 Å². The van der Waals surface area contributed by atoms with Crippen LogP contribution in [0.5, 0.6) is 5.75 Å². The highest BCUT2D eigenvalue weighted by Crippen LogP contribution is 2.29. The van der Waals surface area contributed by atoms with Gasteiger partial charge in [0.05, 0.1) is 24.3 Å². The van der Waals surface area contributed by atoms with E-state index in [0.717, 1.165) is 20.6 Å². The number of anilines is 1. The highest BCUT2D eigenvalue weighted by Gasteiger charge is 2.23. The minimum absolute atomic E-state index is 0.301. The predicted molar refractivity (Wildman–Crippen MR) is 114 cm³/mol. The molecule has 2 aromatic rings. The minimum Gasteiger partial charge on any atom is -0.492 e. The van der Waals surface area contributed by atoms with Gasteiger partial charge in [-0.25, -0.2) is 13.8 Å². The summed E-state index contributed by atoms with van der Waals surface area (Å²) in [6.07, 6.45) is 1.04. The number of benzene rings is 2. The molecular weight excluding hydrogens is 446 g/mol. The molecule has 0 fully saturated rings. The zero-order chi connectivity index (χ0) is 20.7. The molecule has 2 aromatic carbocycles. The molecule has 0 atom stereocenters. The van der Waals surface area contributed by atoms with E-state index in [2.05, 4.69) is 26.5 Å². The number of nitrogens with zero attached hydrogens (tertiary/aromatic N) is 2. The lowest BCUT2D eigenvalue weighted by atomic mass is 10.1. The van der Waals surface area contributed by atoms with Gasteiger partial charge in [-0.15, -0.1) is 0 Å². The van der Waals surface area contributed by atoms with Crippen LogP contribution in [-0.4, -0.2) is 39.4 Å². The number of carbonyl (C=O) groups excluding carboxylic acids is 1. The summed E-state index contributed by atoms with van der Waals surface area (Å²) in [5.74, 6) is -0.178. The van der Waals surface area contributed by atoms with E-state index in [1.54, 1.807) is 38.1 Å². The Hall–Kier alpha value is -2.39. The number of carbonyl (C=O) groups is 1. The van der Waals surface area contributed by atoms with Crippen LogP contribution in [0, 0.1) is 0 Å². The number of hydrogen-bond donors (Lipinski definition) is 1. The second kappa shape index (κ2) is 9.70. The second-order valence-electron chi connectivity index (χ2n) is 5.91. The number of nitrogens with one attached hydrogen (secondary N) is 1. The first-order valence-electron chi connectivity index (χ1n) is 8.51. The maximum atomic E-state index is 12.4. The summed E-state index contributed by atoms with van der Waals surface area (Å²) in [4.78, 5) is 12.4. The van der Waals surface area contributed by atoms with E-state index >= 15 is 0 Å². The fourth-order valence-corrected chi connectivity index (χ4v) is 3.67. The summed E-state index contributed by atoms with van der Waals surface area (Å²) in [6.45, 7) is 3.50. The van der Waals surface area contributed by atoms with Crippen molar-refractivity contribution in [3.63, 3.8) is 0 Å². The van der Waals surface area contributed by atoms with Crippen molar-refractivity contribution >= 4 is 43.3 Å². The molecule has 0 aliphatic rings. The summed E-state index contributed by atoms with van der Waals surface area (Å²) < 4.78 is 31.9. The van der Waals surface area contributed by atoms with Gasteiger partial charge < -0.3 is 4.74 Å². The van der Waals surface area contributed by atoms with E-state index in [4.69, 9.17) is 4.74 Å². The van der Waals surface area contributed by atoms with Crippen LogP contribution in [-0.2, 0) is 14.8 Å². The monoisotopic (exact) mass is 467 g/mol. The van der Waals surface area contributed by atoms with Crippen LogP contribution in [0.4, 0.5) is 5.69 Å². The molecule has 0 saturated heterocycles. The van der Waals surface area contributed by atoms with Gasteiger partial charge in [0, 0.05) is 4.47 Å². The summed E-state index contributed by atoms with van der Waals surface area (Å²) in [5.41, 5.74) is 4.13. The van der Waals surface area contributed by atoms with Crippen LogP contribution in [0.1, 0.15) is 19.4 Å². The van der Waals surface area contributed by atoms with Gasteiger partial charge in [0.15, 0.2) is 0 Å². The third kappa shape index (κ3) is 6.07. The minimum atomic E-state index is -3.71. The fourth-order valence-electron chi connectivity index (χ4n) is 2.41. The van der Waals surface area contributed by atoms with E-state index in [9.17, 15) is 13.2 Å². The Kier molecular flexibility index (Phi) is 7.59. The molecule has 1 N–H and O–H groups in total. The molecule has 0 spiro atoms. The molecule has 0 heterocycles. The average Bonchev–Trinajstić information content (AvgIpc) is 2.64. The van der Waals surface area contributed by atoms with E-state index in [1.165, 1.54) is 0 Å². The number of ether oxygens (including phenoxy) is 1. The van der Waals surface area contributed by atoms with E-state index < -0.39 is 22.5 Å². The Balaban J connectivity index is 2.20. The van der Waals surface area contributed by atoms with Gasteiger partial charge in [-0.1, -0.05) is 40.2 Å². The summed E-state index contributed by atoms with van der Waals surface area (Å²) >= 11 is 3.38. The Morgan fingerprint density at radius 3 is 2.57 bits per heavy atom. The predicted octanol–water partition coefficient (Wildman–Crippen LogP) is 3.15. The van der Waals surface area contributed by atoms with Crippen molar-refractivity contribution in [1.82, 2.24) is 5.43 Å². The van der Waals surface area contributed by atoms with Crippen molar-refractivity contribution in [2.75, 3.05) is 23.7 Å². The SMILES string of the molecule is CCOc1ccccc1N(CC(=O)N/N=C(\C)c1cccc(Br)c1)S(C)(=O)=O. The third-order valence-corrected chi connectivity index (χ3v) is 5.33. The van der Waals surface area contributed by atoms with E-state index in [1.807, 2.05) is 24.3 Å². The smallest absolute Gasteiger partial charge is 0.260 e. The number of hydrogen-bond acceptors (Lipinski definition) is 5. The maximum Gasteiger partial charge on any atom is 0.260 e. The molecule has 0 unspecified atom stereocenters. The van der Waals surface area contributed by atoms with Gasteiger partial charge in [-0.2, -0.15) is 5.10 Å². The molecule has 7 nitrogen and oxygen atoms in total. The van der Waals surface area contributed by atoms with Crippen LogP contribution in [0.2, 0.25) is 0 Å². The molecule has 0 bridgehead atoms. The molecule has 0 saturated carbocycles.